The molecule has 4 heterocycles. The molecule has 158 valence electrons. The highest BCUT2D eigenvalue weighted by atomic mass is 16.5. The molecule has 3 aliphatic heterocycles. The normalized spacial score (nSPS) is 35.6. The molecule has 6 nitrogen and oxygen atoms in total. The van der Waals surface area contributed by atoms with Crippen molar-refractivity contribution in [3.63, 3.8) is 0 Å². The minimum atomic E-state index is -0.166. The van der Waals surface area contributed by atoms with Gasteiger partial charge in [0.15, 0.2) is 0 Å². The molecule has 29 heavy (non-hydrogen) atoms. The fourth-order valence-corrected chi connectivity index (χ4v) is 6.39. The number of nitrogens with zero attached hydrogens (tertiary/aromatic N) is 3. The van der Waals surface area contributed by atoms with Crippen LogP contribution in [0.15, 0.2) is 12.4 Å². The summed E-state index contributed by atoms with van der Waals surface area (Å²) >= 11 is 0. The summed E-state index contributed by atoms with van der Waals surface area (Å²) in [5.41, 5.74) is 1.80. The second-order valence-electron chi connectivity index (χ2n) is 10.2. The maximum atomic E-state index is 12.9. The molecule has 0 aromatic carbocycles. The van der Waals surface area contributed by atoms with Crippen molar-refractivity contribution in [2.45, 2.75) is 77.0 Å². The Kier molecular flexibility index (Phi) is 4.90. The van der Waals surface area contributed by atoms with E-state index in [-0.39, 0.29) is 16.9 Å². The first-order valence-corrected chi connectivity index (χ1v) is 11.4. The molecule has 1 N–H and O–H groups in total. The lowest BCUT2D eigenvalue weighted by molar-refractivity contribution is -0.132. The van der Waals surface area contributed by atoms with Gasteiger partial charge in [-0.2, -0.15) is 0 Å². The monoisotopic (exact) mass is 398 g/mol. The minimum absolute atomic E-state index is 0.00702. The van der Waals surface area contributed by atoms with Gasteiger partial charge in [0.25, 0.3) is 0 Å². The van der Waals surface area contributed by atoms with Gasteiger partial charge in [-0.05, 0) is 32.6 Å². The summed E-state index contributed by atoms with van der Waals surface area (Å²) in [7, 11) is 0. The molecule has 1 saturated carbocycles. The molecule has 1 aromatic heterocycles. The molecule has 1 aliphatic carbocycles. The highest BCUT2D eigenvalue weighted by Gasteiger charge is 2.62. The van der Waals surface area contributed by atoms with Gasteiger partial charge in [-0.25, -0.2) is 0 Å². The number of aryl methyl sites for hydroxylation is 1. The van der Waals surface area contributed by atoms with Crippen LogP contribution in [0.25, 0.3) is 0 Å². The molecule has 5 rings (SSSR count). The number of hydrogen-bond acceptors (Lipinski definition) is 5. The summed E-state index contributed by atoms with van der Waals surface area (Å²) in [6.45, 7) is 7.73. The lowest BCUT2D eigenvalue weighted by Gasteiger charge is -2.34. The topological polar surface area (TPSA) is 67.4 Å². The van der Waals surface area contributed by atoms with E-state index in [2.05, 4.69) is 27.1 Å². The molecule has 2 bridgehead atoms. The Balaban J connectivity index is 1.22. The van der Waals surface area contributed by atoms with E-state index in [0.29, 0.717) is 17.9 Å². The number of ether oxygens (including phenoxy) is 1. The molecule has 1 spiro atoms. The Hall–Kier alpha value is -1.53. The molecule has 3 saturated heterocycles. The molecular weight excluding hydrogens is 364 g/mol. The van der Waals surface area contributed by atoms with Crippen molar-refractivity contribution >= 4 is 5.91 Å². The zero-order valence-electron chi connectivity index (χ0n) is 17.8. The summed E-state index contributed by atoms with van der Waals surface area (Å²) in [5.74, 6) is 1.21. The van der Waals surface area contributed by atoms with Gasteiger partial charge < -0.3 is 10.1 Å². The first kappa shape index (κ1) is 19.4. The number of hydrogen-bond donors (Lipinski definition) is 1. The standard InChI is InChI=1S/C23H34N4O2/c1-16-10-25-17(11-24-16)13-27-14-19-18(20-6-9-23(19,15-27)29-20)12-26-21(28)22(2)7-4-3-5-8-22/h10-11,18-20H,3-9,12-15H2,1-2H3,(H,26,28)/t18-,19+,20+,23+/m0/s1. The third-order valence-corrected chi connectivity index (χ3v) is 8.08. The van der Waals surface area contributed by atoms with Gasteiger partial charge >= 0.3 is 0 Å². The fraction of sp³-hybridized carbons (Fsp3) is 0.783. The number of carbonyl (C=O) groups excluding carboxylic acids is 1. The van der Waals surface area contributed by atoms with Crippen molar-refractivity contribution in [1.29, 1.82) is 0 Å². The van der Waals surface area contributed by atoms with Gasteiger partial charge in [0.1, 0.15) is 0 Å². The second-order valence-corrected chi connectivity index (χ2v) is 10.2. The average molecular weight is 399 g/mol. The largest absolute Gasteiger partial charge is 0.370 e. The summed E-state index contributed by atoms with van der Waals surface area (Å²) in [6, 6.07) is 0. The highest BCUT2D eigenvalue weighted by molar-refractivity contribution is 5.82. The minimum Gasteiger partial charge on any atom is -0.370 e. The number of carbonyl (C=O) groups is 1. The van der Waals surface area contributed by atoms with E-state index < -0.39 is 0 Å². The van der Waals surface area contributed by atoms with E-state index >= 15 is 0 Å². The first-order chi connectivity index (χ1) is 14.0. The van der Waals surface area contributed by atoms with Crippen LogP contribution in [-0.4, -0.2) is 52.1 Å². The SMILES string of the molecule is Cc1cnc(CN2C[C@@H]3[C@H](CNC(=O)C4(C)CCCCC4)[C@H]4CC[C@]3(C2)O4)cn1. The van der Waals surface area contributed by atoms with Crippen LogP contribution in [0, 0.1) is 24.2 Å². The number of amides is 1. The summed E-state index contributed by atoms with van der Waals surface area (Å²) in [5, 5.41) is 3.34. The number of fused-ring (bicyclic) bond motifs is 1. The predicted molar refractivity (Wildman–Crippen MR) is 110 cm³/mol. The number of rotatable bonds is 5. The highest BCUT2D eigenvalue weighted by Crippen LogP contribution is 2.54. The molecular formula is C23H34N4O2. The van der Waals surface area contributed by atoms with Gasteiger partial charge in [-0.15, -0.1) is 0 Å². The number of nitrogens with one attached hydrogen (secondary N) is 1. The van der Waals surface area contributed by atoms with E-state index in [1.807, 2.05) is 19.3 Å². The Morgan fingerprint density at radius 3 is 2.83 bits per heavy atom. The van der Waals surface area contributed by atoms with Crippen molar-refractivity contribution in [2.24, 2.45) is 17.3 Å². The number of aromatic nitrogens is 2. The zero-order valence-corrected chi connectivity index (χ0v) is 17.8. The van der Waals surface area contributed by atoms with Crippen LogP contribution in [0.3, 0.4) is 0 Å². The summed E-state index contributed by atoms with van der Waals surface area (Å²) in [4.78, 5) is 24.3. The Labute approximate surface area is 173 Å². The van der Waals surface area contributed by atoms with Crippen LogP contribution in [0.1, 0.15) is 63.3 Å². The van der Waals surface area contributed by atoms with E-state index in [1.165, 1.54) is 19.3 Å². The Morgan fingerprint density at radius 1 is 1.24 bits per heavy atom. The fourth-order valence-electron chi connectivity index (χ4n) is 6.39. The molecule has 4 aliphatic rings. The lowest BCUT2D eigenvalue weighted by Crippen LogP contribution is -2.46. The third kappa shape index (κ3) is 3.48. The van der Waals surface area contributed by atoms with Crippen molar-refractivity contribution in [1.82, 2.24) is 20.2 Å². The van der Waals surface area contributed by atoms with Crippen molar-refractivity contribution in [3.05, 3.63) is 23.8 Å². The van der Waals surface area contributed by atoms with Crippen molar-refractivity contribution in [3.8, 4) is 0 Å². The molecule has 1 amide bonds. The van der Waals surface area contributed by atoms with Crippen LogP contribution in [-0.2, 0) is 16.1 Å². The van der Waals surface area contributed by atoms with E-state index in [4.69, 9.17) is 4.74 Å². The third-order valence-electron chi connectivity index (χ3n) is 8.08. The van der Waals surface area contributed by atoms with Gasteiger partial charge in [0.05, 0.1) is 23.1 Å². The molecule has 6 heteroatoms. The summed E-state index contributed by atoms with van der Waals surface area (Å²) in [6.07, 6.45) is 12.0. The van der Waals surface area contributed by atoms with Crippen LogP contribution >= 0.6 is 0 Å². The maximum absolute atomic E-state index is 12.9. The van der Waals surface area contributed by atoms with Gasteiger partial charge in [0.2, 0.25) is 5.91 Å². The molecule has 1 aromatic rings. The Morgan fingerprint density at radius 2 is 2.07 bits per heavy atom. The van der Waals surface area contributed by atoms with Crippen LogP contribution in [0.2, 0.25) is 0 Å². The van der Waals surface area contributed by atoms with Crippen LogP contribution in [0.5, 0.6) is 0 Å². The zero-order chi connectivity index (χ0) is 20.1. The Bertz CT molecular complexity index is 761. The van der Waals surface area contributed by atoms with E-state index in [1.54, 1.807) is 0 Å². The van der Waals surface area contributed by atoms with Crippen molar-refractivity contribution < 1.29 is 9.53 Å². The van der Waals surface area contributed by atoms with Crippen LogP contribution in [0.4, 0.5) is 0 Å². The predicted octanol–water partition coefficient (Wildman–Crippen LogP) is 2.85. The number of likely N-dealkylation sites (tertiary alicyclic amines) is 1. The smallest absolute Gasteiger partial charge is 0.225 e. The average Bonchev–Trinajstić information content (AvgIpc) is 3.36. The first-order valence-electron chi connectivity index (χ1n) is 11.4. The molecule has 4 atom stereocenters. The van der Waals surface area contributed by atoms with E-state index in [9.17, 15) is 4.79 Å². The van der Waals surface area contributed by atoms with Gasteiger partial charge in [-0.3, -0.25) is 19.7 Å². The van der Waals surface area contributed by atoms with Crippen molar-refractivity contribution in [2.75, 3.05) is 19.6 Å². The quantitative estimate of drug-likeness (QED) is 0.826. The van der Waals surface area contributed by atoms with Crippen LogP contribution < -0.4 is 5.32 Å². The molecule has 4 fully saturated rings. The maximum Gasteiger partial charge on any atom is 0.225 e. The van der Waals surface area contributed by atoms with Gasteiger partial charge in [-0.1, -0.05) is 26.2 Å². The second kappa shape index (κ2) is 7.31. The van der Waals surface area contributed by atoms with E-state index in [0.717, 1.165) is 63.3 Å². The lowest BCUT2D eigenvalue weighted by atomic mass is 9.73. The molecule has 0 unspecified atom stereocenters. The summed E-state index contributed by atoms with van der Waals surface area (Å²) < 4.78 is 6.56. The molecule has 0 radical (unpaired) electrons. The van der Waals surface area contributed by atoms with Gasteiger partial charge in [0, 0.05) is 55.8 Å².